The van der Waals surface area contributed by atoms with Crippen molar-refractivity contribution in [2.75, 3.05) is 0 Å². The normalized spacial score (nSPS) is 18.6. The van der Waals surface area contributed by atoms with Crippen LogP contribution in [0.4, 0.5) is 0 Å². The number of rotatable bonds is 4. The number of nitrogens with two attached hydrogens (primary N) is 1. The van der Waals surface area contributed by atoms with Gasteiger partial charge in [0.2, 0.25) is 11.8 Å². The Bertz CT molecular complexity index is 1140. The van der Waals surface area contributed by atoms with Crippen molar-refractivity contribution in [3.8, 4) is 29.0 Å². The van der Waals surface area contributed by atoms with Crippen LogP contribution in [0, 0.1) is 11.3 Å². The quantitative estimate of drug-likeness (QED) is 0.668. The molecule has 1 fully saturated rings. The van der Waals surface area contributed by atoms with E-state index in [1.54, 1.807) is 0 Å². The number of ether oxygens (including phenoxy) is 2. The number of fused-ring (bicyclic) bond motifs is 1. The number of hydrogen-bond acceptors (Lipinski definition) is 5. The molecule has 0 bridgehead atoms. The summed E-state index contributed by atoms with van der Waals surface area (Å²) in [5, 5.41) is 17.3. The first kappa shape index (κ1) is 18.3. The van der Waals surface area contributed by atoms with Crippen LogP contribution in [0.1, 0.15) is 42.7 Å². The molecule has 3 N–H and O–H groups in total. The van der Waals surface area contributed by atoms with Crippen LogP contribution in [0.25, 0.3) is 11.3 Å². The van der Waals surface area contributed by atoms with Crippen molar-refractivity contribution >= 4 is 0 Å². The van der Waals surface area contributed by atoms with Crippen molar-refractivity contribution in [3.05, 3.63) is 77.2 Å². The van der Waals surface area contributed by atoms with E-state index in [1.807, 2.05) is 54.6 Å². The van der Waals surface area contributed by atoms with Crippen LogP contribution in [0.5, 0.6) is 11.6 Å². The topological polar surface area (TPSA) is 97.0 Å². The Morgan fingerprint density at radius 2 is 1.90 bits per heavy atom. The Morgan fingerprint density at radius 3 is 2.67 bits per heavy atom. The number of nitrogens with zero attached hydrogens (tertiary/aromatic N) is 2. The lowest BCUT2D eigenvalue weighted by molar-refractivity contribution is 0.210. The summed E-state index contributed by atoms with van der Waals surface area (Å²) in [6, 6.07) is 20.1. The minimum absolute atomic E-state index is 0.0863. The van der Waals surface area contributed by atoms with Gasteiger partial charge in [-0.15, -0.1) is 5.10 Å². The van der Waals surface area contributed by atoms with Crippen molar-refractivity contribution in [3.63, 3.8) is 0 Å². The van der Waals surface area contributed by atoms with Gasteiger partial charge < -0.3 is 15.2 Å². The van der Waals surface area contributed by atoms with E-state index in [2.05, 4.69) is 16.3 Å². The second-order valence-corrected chi connectivity index (χ2v) is 7.71. The number of allylic oxidation sites excluding steroid dienone is 1. The second-order valence-electron chi connectivity index (χ2n) is 7.71. The Morgan fingerprint density at radius 1 is 1.10 bits per heavy atom. The van der Waals surface area contributed by atoms with Crippen molar-refractivity contribution in [2.24, 2.45) is 5.73 Å². The summed E-state index contributed by atoms with van der Waals surface area (Å²) in [6.07, 6.45) is 4.85. The zero-order chi connectivity index (χ0) is 20.5. The molecule has 5 rings (SSSR count). The molecule has 2 aliphatic rings. The largest absolute Gasteiger partial charge is 0.490 e. The van der Waals surface area contributed by atoms with E-state index < -0.39 is 0 Å². The van der Waals surface area contributed by atoms with Gasteiger partial charge in [0.15, 0.2) is 0 Å². The number of nitrogens with one attached hydrogen (secondary N) is 1. The zero-order valence-corrected chi connectivity index (χ0v) is 16.5. The van der Waals surface area contributed by atoms with Crippen LogP contribution in [0.2, 0.25) is 0 Å². The molecule has 2 aromatic carbocycles. The molecule has 3 aromatic rings. The Balaban J connectivity index is 1.61. The fraction of sp³-hybridized carbons (Fsp3) is 0.250. The lowest BCUT2D eigenvalue weighted by atomic mass is 9.83. The summed E-state index contributed by atoms with van der Waals surface area (Å²) in [7, 11) is 0. The summed E-state index contributed by atoms with van der Waals surface area (Å²) >= 11 is 0. The van der Waals surface area contributed by atoms with Gasteiger partial charge in [-0.3, -0.25) is 5.10 Å². The highest BCUT2D eigenvalue weighted by Gasteiger charge is 2.35. The van der Waals surface area contributed by atoms with Gasteiger partial charge in [-0.1, -0.05) is 42.5 Å². The third-order valence-corrected chi connectivity index (χ3v) is 5.80. The van der Waals surface area contributed by atoms with Gasteiger partial charge >= 0.3 is 0 Å². The van der Waals surface area contributed by atoms with Crippen molar-refractivity contribution in [2.45, 2.75) is 37.7 Å². The van der Waals surface area contributed by atoms with Gasteiger partial charge in [0, 0.05) is 0 Å². The van der Waals surface area contributed by atoms with E-state index in [1.165, 1.54) is 12.8 Å². The summed E-state index contributed by atoms with van der Waals surface area (Å²) in [5.74, 6) is 0.911. The lowest BCUT2D eigenvalue weighted by Crippen LogP contribution is -2.21. The molecule has 6 nitrogen and oxygen atoms in total. The maximum atomic E-state index is 9.89. The van der Waals surface area contributed by atoms with E-state index in [4.69, 9.17) is 15.2 Å². The monoisotopic (exact) mass is 398 g/mol. The maximum absolute atomic E-state index is 9.89. The number of hydrogen-bond donors (Lipinski definition) is 2. The molecular weight excluding hydrogens is 376 g/mol. The van der Waals surface area contributed by atoms with Crippen LogP contribution in [-0.2, 0) is 0 Å². The molecule has 1 atom stereocenters. The zero-order valence-electron chi connectivity index (χ0n) is 16.5. The van der Waals surface area contributed by atoms with E-state index in [9.17, 15) is 5.26 Å². The minimum atomic E-state index is -0.389. The third-order valence-electron chi connectivity index (χ3n) is 5.80. The molecular formula is C24H22N4O2. The molecule has 150 valence electrons. The van der Waals surface area contributed by atoms with E-state index in [-0.39, 0.29) is 17.9 Å². The van der Waals surface area contributed by atoms with Gasteiger partial charge in [-0.05, 0) is 48.9 Å². The molecule has 2 heterocycles. The minimum Gasteiger partial charge on any atom is -0.490 e. The fourth-order valence-electron chi connectivity index (χ4n) is 4.37. The molecule has 30 heavy (non-hydrogen) atoms. The SMILES string of the molecule is N#CC1=C(N)Oc2n[nH]c(-c3ccccc3)c2C1c1cccc(OC2CCCC2)c1. The fourth-order valence-corrected chi connectivity index (χ4v) is 4.37. The molecule has 0 amide bonds. The highest BCUT2D eigenvalue weighted by atomic mass is 16.5. The summed E-state index contributed by atoms with van der Waals surface area (Å²) in [6.45, 7) is 0. The van der Waals surface area contributed by atoms with Crippen LogP contribution in [0.15, 0.2) is 66.1 Å². The summed E-state index contributed by atoms with van der Waals surface area (Å²) < 4.78 is 11.9. The van der Waals surface area contributed by atoms with Crippen LogP contribution in [0.3, 0.4) is 0 Å². The van der Waals surface area contributed by atoms with Crippen molar-refractivity contribution in [1.82, 2.24) is 10.2 Å². The lowest BCUT2D eigenvalue weighted by Gasteiger charge is -2.24. The van der Waals surface area contributed by atoms with Crippen LogP contribution in [-0.4, -0.2) is 16.3 Å². The standard InChI is InChI=1S/C24H22N4O2/c25-14-19-20(16-9-6-12-18(13-16)29-17-10-4-5-11-17)21-22(15-7-2-1-3-8-15)27-28-24(21)30-23(19)26/h1-3,6-9,12-13,17,20H,4-5,10-11,26H2,(H,27,28). The predicted octanol–water partition coefficient (Wildman–Crippen LogP) is 4.62. The highest BCUT2D eigenvalue weighted by molar-refractivity contribution is 5.70. The van der Waals surface area contributed by atoms with E-state index in [0.717, 1.165) is 41.0 Å². The van der Waals surface area contributed by atoms with Gasteiger partial charge in [-0.2, -0.15) is 5.26 Å². The number of aromatic nitrogens is 2. The summed E-state index contributed by atoms with van der Waals surface area (Å²) in [5.41, 5.74) is 9.99. The first-order valence-electron chi connectivity index (χ1n) is 10.2. The van der Waals surface area contributed by atoms with Gasteiger partial charge in [0.1, 0.15) is 17.4 Å². The molecule has 1 aromatic heterocycles. The van der Waals surface area contributed by atoms with E-state index in [0.29, 0.717) is 11.5 Å². The van der Waals surface area contributed by atoms with Crippen molar-refractivity contribution < 1.29 is 9.47 Å². The Hall–Kier alpha value is -3.72. The van der Waals surface area contributed by atoms with Crippen LogP contribution < -0.4 is 15.2 Å². The van der Waals surface area contributed by atoms with Crippen molar-refractivity contribution in [1.29, 1.82) is 5.26 Å². The number of aromatic amines is 1. The Kier molecular flexibility index (Phi) is 4.64. The van der Waals surface area contributed by atoms with Crippen LogP contribution >= 0.6 is 0 Å². The molecule has 0 spiro atoms. The smallest absolute Gasteiger partial charge is 0.244 e. The molecule has 6 heteroatoms. The third kappa shape index (κ3) is 3.18. The van der Waals surface area contributed by atoms with E-state index >= 15 is 0 Å². The molecule has 0 radical (unpaired) electrons. The van der Waals surface area contributed by atoms with Gasteiger partial charge in [0.05, 0.1) is 23.3 Å². The summed E-state index contributed by atoms with van der Waals surface area (Å²) in [4.78, 5) is 0. The Labute approximate surface area is 174 Å². The van der Waals surface area contributed by atoms with Gasteiger partial charge in [-0.25, -0.2) is 0 Å². The molecule has 0 saturated heterocycles. The predicted molar refractivity (Wildman–Crippen MR) is 113 cm³/mol. The molecule has 1 aliphatic carbocycles. The molecule has 1 unspecified atom stereocenters. The molecule has 1 saturated carbocycles. The number of nitriles is 1. The number of H-pyrrole nitrogens is 1. The first-order chi connectivity index (χ1) is 14.7. The average molecular weight is 398 g/mol. The number of benzene rings is 2. The molecule has 1 aliphatic heterocycles. The highest BCUT2D eigenvalue weighted by Crippen LogP contribution is 2.46. The second kappa shape index (κ2) is 7.60. The average Bonchev–Trinajstić information content (AvgIpc) is 3.43. The maximum Gasteiger partial charge on any atom is 0.244 e. The van der Waals surface area contributed by atoms with Gasteiger partial charge in [0.25, 0.3) is 0 Å². The first-order valence-corrected chi connectivity index (χ1v) is 10.2.